The van der Waals surface area contributed by atoms with E-state index in [1.807, 2.05) is 12.1 Å². The summed E-state index contributed by atoms with van der Waals surface area (Å²) in [5.74, 6) is -0.210. The summed E-state index contributed by atoms with van der Waals surface area (Å²) in [5, 5.41) is 6.05. The maximum Gasteiger partial charge on any atom is 0.260 e. The van der Waals surface area contributed by atoms with Gasteiger partial charge in [0.05, 0.1) is 7.11 Å². The van der Waals surface area contributed by atoms with Crippen LogP contribution in [0, 0.1) is 0 Å². The van der Waals surface area contributed by atoms with Crippen molar-refractivity contribution in [2.45, 2.75) is 12.6 Å². The summed E-state index contributed by atoms with van der Waals surface area (Å²) in [6.07, 6.45) is 4.91. The Labute approximate surface area is 151 Å². The van der Waals surface area contributed by atoms with Crippen molar-refractivity contribution in [2.75, 3.05) is 26.7 Å². The van der Waals surface area contributed by atoms with E-state index in [0.29, 0.717) is 31.7 Å². The van der Waals surface area contributed by atoms with Gasteiger partial charge in [-0.3, -0.25) is 14.6 Å². The molecule has 0 radical (unpaired) electrons. The number of carbonyl (C=O) groups excluding carboxylic acids is 2. The van der Waals surface area contributed by atoms with Crippen molar-refractivity contribution >= 4 is 11.8 Å². The Morgan fingerprint density at radius 1 is 1.31 bits per heavy atom. The Morgan fingerprint density at radius 3 is 2.88 bits per heavy atom. The number of amides is 2. The molecule has 0 bridgehead atoms. The zero-order valence-corrected chi connectivity index (χ0v) is 14.5. The third-order valence-corrected chi connectivity index (χ3v) is 4.22. The van der Waals surface area contributed by atoms with Crippen molar-refractivity contribution in [3.63, 3.8) is 0 Å². The molecule has 1 aliphatic heterocycles. The van der Waals surface area contributed by atoms with Gasteiger partial charge >= 0.3 is 0 Å². The quantitative estimate of drug-likeness (QED) is 0.796. The minimum Gasteiger partial charge on any atom is -0.480 e. The zero-order chi connectivity index (χ0) is 18.4. The summed E-state index contributed by atoms with van der Waals surface area (Å²) >= 11 is 0. The van der Waals surface area contributed by atoms with E-state index >= 15 is 0 Å². The van der Waals surface area contributed by atoms with E-state index in [9.17, 15) is 9.59 Å². The van der Waals surface area contributed by atoms with Crippen molar-refractivity contribution in [3.8, 4) is 5.88 Å². The largest absolute Gasteiger partial charge is 0.480 e. The third kappa shape index (κ3) is 3.97. The van der Waals surface area contributed by atoms with Crippen LogP contribution < -0.4 is 15.4 Å². The third-order valence-electron chi connectivity index (χ3n) is 4.22. The number of hydrogen-bond acceptors (Lipinski definition) is 6. The van der Waals surface area contributed by atoms with E-state index in [2.05, 4.69) is 20.6 Å². The number of methoxy groups -OCH3 is 1. The number of pyridine rings is 2. The number of nitrogens with one attached hydrogen (secondary N) is 2. The molecule has 8 nitrogen and oxygen atoms in total. The zero-order valence-electron chi connectivity index (χ0n) is 14.5. The first-order valence-electron chi connectivity index (χ1n) is 8.38. The van der Waals surface area contributed by atoms with Crippen LogP contribution in [-0.2, 0) is 11.3 Å². The lowest BCUT2D eigenvalue weighted by atomic mass is 10.1. The van der Waals surface area contributed by atoms with Gasteiger partial charge in [-0.15, -0.1) is 0 Å². The number of piperazine rings is 1. The molecule has 2 amide bonds. The topological polar surface area (TPSA) is 96.5 Å². The van der Waals surface area contributed by atoms with Crippen molar-refractivity contribution in [1.29, 1.82) is 0 Å². The van der Waals surface area contributed by atoms with Gasteiger partial charge in [-0.25, -0.2) is 4.98 Å². The van der Waals surface area contributed by atoms with Gasteiger partial charge in [-0.2, -0.15) is 0 Å². The Kier molecular flexibility index (Phi) is 5.75. The van der Waals surface area contributed by atoms with E-state index in [1.54, 1.807) is 35.6 Å². The van der Waals surface area contributed by atoms with Crippen LogP contribution in [0.25, 0.3) is 0 Å². The number of hydrogen-bond donors (Lipinski definition) is 2. The number of nitrogens with zero attached hydrogens (tertiary/aromatic N) is 3. The Balaban J connectivity index is 1.72. The van der Waals surface area contributed by atoms with Crippen LogP contribution in [0.3, 0.4) is 0 Å². The molecular weight excluding hydrogens is 334 g/mol. The van der Waals surface area contributed by atoms with Gasteiger partial charge in [-0.05, 0) is 29.8 Å². The molecule has 136 valence electrons. The second kappa shape index (κ2) is 8.39. The van der Waals surface area contributed by atoms with Crippen LogP contribution >= 0.6 is 0 Å². The molecule has 3 heterocycles. The molecule has 1 fully saturated rings. The highest BCUT2D eigenvalue weighted by Crippen LogP contribution is 2.18. The maximum atomic E-state index is 13.0. The van der Waals surface area contributed by atoms with Gasteiger partial charge < -0.3 is 20.3 Å². The predicted molar refractivity (Wildman–Crippen MR) is 94.6 cm³/mol. The highest BCUT2D eigenvalue weighted by Gasteiger charge is 2.33. The standard InChI is InChI=1S/C18H21N5O3/c1-26-17-14(3-2-6-21-17)18(25)23-10-9-20-12-15(23)16(24)22-11-13-4-7-19-8-5-13/h2-8,15,20H,9-12H2,1H3,(H,22,24)/t15-/m0/s1. The minimum absolute atomic E-state index is 0.204. The molecule has 1 aliphatic rings. The summed E-state index contributed by atoms with van der Waals surface area (Å²) in [7, 11) is 1.47. The van der Waals surface area contributed by atoms with Gasteiger partial charge in [-0.1, -0.05) is 0 Å². The Bertz CT molecular complexity index is 768. The normalized spacial score (nSPS) is 16.8. The fraction of sp³-hybridized carbons (Fsp3) is 0.333. The molecule has 0 aromatic carbocycles. The van der Waals surface area contributed by atoms with Crippen molar-refractivity contribution in [2.24, 2.45) is 0 Å². The van der Waals surface area contributed by atoms with Crippen LogP contribution in [0.15, 0.2) is 42.9 Å². The lowest BCUT2D eigenvalue weighted by molar-refractivity contribution is -0.126. The SMILES string of the molecule is COc1ncccc1C(=O)N1CCNC[C@H]1C(=O)NCc1ccncc1. The highest BCUT2D eigenvalue weighted by atomic mass is 16.5. The Morgan fingerprint density at radius 2 is 2.12 bits per heavy atom. The first-order valence-corrected chi connectivity index (χ1v) is 8.38. The van der Waals surface area contributed by atoms with Crippen LogP contribution in [0.2, 0.25) is 0 Å². The van der Waals surface area contributed by atoms with Crippen molar-refractivity contribution < 1.29 is 14.3 Å². The molecule has 1 saturated heterocycles. The summed E-state index contributed by atoms with van der Waals surface area (Å²) < 4.78 is 5.18. The number of carbonyl (C=O) groups is 2. The summed E-state index contributed by atoms with van der Waals surface area (Å²) in [6, 6.07) is 6.41. The first-order chi connectivity index (χ1) is 12.7. The maximum absolute atomic E-state index is 13.0. The molecule has 1 atom stereocenters. The first kappa shape index (κ1) is 17.8. The van der Waals surface area contributed by atoms with Crippen molar-refractivity contribution in [1.82, 2.24) is 25.5 Å². The van der Waals surface area contributed by atoms with Gasteiger partial charge in [0, 0.05) is 44.8 Å². The smallest absolute Gasteiger partial charge is 0.260 e. The molecule has 0 saturated carbocycles. The summed E-state index contributed by atoms with van der Waals surface area (Å²) in [4.78, 5) is 35.2. The average Bonchev–Trinajstić information content (AvgIpc) is 2.72. The van der Waals surface area contributed by atoms with E-state index in [1.165, 1.54) is 7.11 Å². The molecule has 3 rings (SSSR count). The van der Waals surface area contributed by atoms with Crippen LogP contribution in [0.4, 0.5) is 0 Å². The molecule has 0 aliphatic carbocycles. The number of aromatic nitrogens is 2. The molecule has 0 unspecified atom stereocenters. The average molecular weight is 355 g/mol. The molecule has 0 spiro atoms. The van der Waals surface area contributed by atoms with Crippen molar-refractivity contribution in [3.05, 3.63) is 54.0 Å². The lowest BCUT2D eigenvalue weighted by Crippen LogP contribution is -2.59. The van der Waals surface area contributed by atoms with Gasteiger partial charge in [0.15, 0.2) is 0 Å². The number of ether oxygens (including phenoxy) is 1. The summed E-state index contributed by atoms with van der Waals surface area (Å²) in [5.41, 5.74) is 1.30. The van der Waals surface area contributed by atoms with Crippen LogP contribution in [0.1, 0.15) is 15.9 Å². The minimum atomic E-state index is -0.594. The van der Waals surface area contributed by atoms with Gasteiger partial charge in [0.1, 0.15) is 11.6 Å². The fourth-order valence-electron chi connectivity index (χ4n) is 2.86. The molecule has 2 aromatic rings. The molecule has 26 heavy (non-hydrogen) atoms. The molecule has 2 aromatic heterocycles. The van der Waals surface area contributed by atoms with E-state index in [4.69, 9.17) is 4.74 Å². The van der Waals surface area contributed by atoms with Gasteiger partial charge in [0.2, 0.25) is 11.8 Å². The second-order valence-corrected chi connectivity index (χ2v) is 5.85. The van der Waals surface area contributed by atoms with Gasteiger partial charge in [0.25, 0.3) is 5.91 Å². The van der Waals surface area contributed by atoms with E-state index < -0.39 is 6.04 Å². The van der Waals surface area contributed by atoms with E-state index in [-0.39, 0.29) is 17.7 Å². The monoisotopic (exact) mass is 355 g/mol. The van der Waals surface area contributed by atoms with Crippen LogP contribution in [-0.4, -0.2) is 59.5 Å². The van der Waals surface area contributed by atoms with E-state index in [0.717, 1.165) is 5.56 Å². The lowest BCUT2D eigenvalue weighted by Gasteiger charge is -2.35. The Hall–Kier alpha value is -3.00. The second-order valence-electron chi connectivity index (χ2n) is 5.85. The number of rotatable bonds is 5. The fourth-order valence-corrected chi connectivity index (χ4v) is 2.86. The highest BCUT2D eigenvalue weighted by molar-refractivity contribution is 5.99. The summed E-state index contributed by atoms with van der Waals surface area (Å²) in [6.45, 7) is 1.85. The molecule has 2 N–H and O–H groups in total. The molecular formula is C18H21N5O3. The predicted octanol–water partition coefficient (Wildman–Crippen LogP) is 0.216. The molecule has 8 heteroatoms. The van der Waals surface area contributed by atoms with Crippen LogP contribution in [0.5, 0.6) is 5.88 Å².